The number of nitrogens with zero attached hydrogens (tertiary/aromatic N) is 2. The molecule has 0 radical (unpaired) electrons. The number of rotatable bonds is 1. The topological polar surface area (TPSA) is 23.3 Å². The van der Waals surface area contributed by atoms with Crippen molar-refractivity contribution in [1.29, 1.82) is 0 Å². The van der Waals surface area contributed by atoms with Crippen LogP contribution >= 0.6 is 0 Å². The van der Waals surface area contributed by atoms with Gasteiger partial charge in [-0.25, -0.2) is 4.79 Å². The van der Waals surface area contributed by atoms with Crippen LogP contribution in [-0.4, -0.2) is 42.0 Å². The van der Waals surface area contributed by atoms with Gasteiger partial charge in [-0.3, -0.25) is 0 Å². The summed E-state index contributed by atoms with van der Waals surface area (Å²) in [5.74, 6) is 0. The average Bonchev–Trinajstić information content (AvgIpc) is 2.63. The zero-order valence-electron chi connectivity index (χ0n) is 6.79. The Hall–Kier alpha value is -0.730. The summed E-state index contributed by atoms with van der Waals surface area (Å²) in [7, 11) is 1.83. The van der Waals surface area contributed by atoms with E-state index in [1.165, 1.54) is 0 Å². The molecule has 0 aromatic heterocycles. The van der Waals surface area contributed by atoms with Crippen LogP contribution in [-0.2, 0) is 0 Å². The molecule has 1 aliphatic heterocycles. The minimum atomic E-state index is 0.162. The zero-order chi connectivity index (χ0) is 7.72. The van der Waals surface area contributed by atoms with Gasteiger partial charge in [-0.15, -0.1) is 0 Å². The van der Waals surface area contributed by atoms with Gasteiger partial charge in [-0.05, 0) is 13.8 Å². The fourth-order valence-corrected chi connectivity index (χ4v) is 0.859. The molecule has 58 valence electrons. The van der Waals surface area contributed by atoms with E-state index in [0.717, 1.165) is 13.1 Å². The Morgan fingerprint density at radius 3 is 2.60 bits per heavy atom. The molecule has 1 aliphatic rings. The van der Waals surface area contributed by atoms with Crippen molar-refractivity contribution in [3.8, 4) is 0 Å². The summed E-state index contributed by atoms with van der Waals surface area (Å²) in [5, 5.41) is 0. The van der Waals surface area contributed by atoms with Crippen molar-refractivity contribution >= 4 is 6.03 Å². The molecule has 0 spiro atoms. The summed E-state index contributed by atoms with van der Waals surface area (Å²) < 4.78 is 0. The molecule has 2 amide bonds. The molecular formula is C7H14N2O. The highest BCUT2D eigenvalue weighted by molar-refractivity contribution is 5.76. The molecule has 0 aliphatic carbocycles. The van der Waals surface area contributed by atoms with Crippen LogP contribution in [0.3, 0.4) is 0 Å². The van der Waals surface area contributed by atoms with E-state index in [9.17, 15) is 4.79 Å². The lowest BCUT2D eigenvalue weighted by molar-refractivity contribution is 0.195. The van der Waals surface area contributed by atoms with E-state index in [0.29, 0.717) is 6.04 Å². The second-order valence-electron chi connectivity index (χ2n) is 2.80. The first kappa shape index (κ1) is 7.38. The second kappa shape index (κ2) is 2.48. The maximum absolute atomic E-state index is 11.2. The van der Waals surface area contributed by atoms with Gasteiger partial charge in [-0.2, -0.15) is 0 Å². The van der Waals surface area contributed by atoms with Crippen LogP contribution in [0.2, 0.25) is 0 Å². The zero-order valence-corrected chi connectivity index (χ0v) is 6.79. The Morgan fingerprint density at radius 2 is 2.30 bits per heavy atom. The van der Waals surface area contributed by atoms with Gasteiger partial charge in [0, 0.05) is 26.2 Å². The Kier molecular flexibility index (Phi) is 1.83. The van der Waals surface area contributed by atoms with Crippen molar-refractivity contribution in [1.82, 2.24) is 9.80 Å². The monoisotopic (exact) mass is 142 g/mol. The van der Waals surface area contributed by atoms with E-state index < -0.39 is 0 Å². The van der Waals surface area contributed by atoms with Crippen LogP contribution < -0.4 is 0 Å². The molecule has 0 N–H and O–H groups in total. The van der Waals surface area contributed by atoms with Gasteiger partial charge in [-0.1, -0.05) is 0 Å². The first-order chi connectivity index (χ1) is 4.66. The van der Waals surface area contributed by atoms with Crippen molar-refractivity contribution in [3.05, 3.63) is 0 Å². The Labute approximate surface area is 61.6 Å². The third kappa shape index (κ3) is 1.23. The molecule has 1 atom stereocenters. The summed E-state index contributed by atoms with van der Waals surface area (Å²) >= 11 is 0. The highest BCUT2D eigenvalue weighted by Crippen LogP contribution is 2.17. The van der Waals surface area contributed by atoms with E-state index in [-0.39, 0.29) is 6.03 Å². The molecule has 0 saturated carbocycles. The van der Waals surface area contributed by atoms with Gasteiger partial charge in [0.15, 0.2) is 0 Å². The van der Waals surface area contributed by atoms with Crippen LogP contribution in [0.5, 0.6) is 0 Å². The van der Waals surface area contributed by atoms with Gasteiger partial charge < -0.3 is 9.80 Å². The summed E-state index contributed by atoms with van der Waals surface area (Å²) in [6, 6.07) is 0.636. The smallest absolute Gasteiger partial charge is 0.320 e. The maximum atomic E-state index is 11.2. The molecule has 10 heavy (non-hydrogen) atoms. The number of amides is 2. The van der Waals surface area contributed by atoms with Crippen LogP contribution in [0.25, 0.3) is 0 Å². The largest absolute Gasteiger partial charge is 0.328 e. The summed E-state index contributed by atoms with van der Waals surface area (Å²) in [6.45, 7) is 5.76. The standard InChI is InChI=1S/C7H14N2O/c1-4-8(3)7(10)9-5-6(9)2/h6H,4-5H2,1-3H3. The number of carbonyl (C=O) groups excluding carboxylic acids is 1. The van der Waals surface area contributed by atoms with Crippen LogP contribution in [0.15, 0.2) is 0 Å². The van der Waals surface area contributed by atoms with Crippen molar-refractivity contribution in [3.63, 3.8) is 0 Å². The van der Waals surface area contributed by atoms with Crippen LogP contribution in [0, 0.1) is 0 Å². The summed E-state index contributed by atoms with van der Waals surface area (Å²) in [6.07, 6.45) is 0. The van der Waals surface area contributed by atoms with Crippen molar-refractivity contribution in [2.24, 2.45) is 0 Å². The number of hydrogen-bond acceptors (Lipinski definition) is 1. The van der Waals surface area contributed by atoms with Gasteiger partial charge in [0.25, 0.3) is 0 Å². The average molecular weight is 142 g/mol. The molecule has 1 fully saturated rings. The molecule has 3 heteroatoms. The molecular weight excluding hydrogens is 128 g/mol. The minimum absolute atomic E-state index is 0.162. The fraction of sp³-hybridized carbons (Fsp3) is 0.857. The van der Waals surface area contributed by atoms with Crippen LogP contribution in [0.4, 0.5) is 4.79 Å². The van der Waals surface area contributed by atoms with E-state index in [4.69, 9.17) is 0 Å². The summed E-state index contributed by atoms with van der Waals surface area (Å²) in [4.78, 5) is 14.8. The van der Waals surface area contributed by atoms with Gasteiger partial charge >= 0.3 is 6.03 Å². The Morgan fingerprint density at radius 1 is 1.80 bits per heavy atom. The predicted molar refractivity (Wildman–Crippen MR) is 39.9 cm³/mol. The van der Waals surface area contributed by atoms with E-state index >= 15 is 0 Å². The van der Waals surface area contributed by atoms with Crippen molar-refractivity contribution in [2.45, 2.75) is 19.9 Å². The molecule has 0 aromatic rings. The van der Waals surface area contributed by atoms with Crippen molar-refractivity contribution < 1.29 is 4.79 Å². The van der Waals surface area contributed by atoms with Gasteiger partial charge in [0.2, 0.25) is 0 Å². The minimum Gasteiger partial charge on any atom is -0.328 e. The first-order valence-electron chi connectivity index (χ1n) is 3.68. The molecule has 1 rings (SSSR count). The van der Waals surface area contributed by atoms with E-state index in [1.807, 2.05) is 18.9 Å². The van der Waals surface area contributed by atoms with Gasteiger partial charge in [0.1, 0.15) is 0 Å². The normalized spacial score (nSPS) is 22.7. The molecule has 0 aromatic carbocycles. The predicted octanol–water partition coefficient (Wildman–Crippen LogP) is 0.762. The molecule has 1 unspecified atom stereocenters. The number of carbonyl (C=O) groups is 1. The van der Waals surface area contributed by atoms with Crippen molar-refractivity contribution in [2.75, 3.05) is 20.1 Å². The Balaban J connectivity index is 2.35. The SMILES string of the molecule is CCN(C)C(=O)N1CC1C. The van der Waals surface area contributed by atoms with Crippen LogP contribution in [0.1, 0.15) is 13.8 Å². The third-order valence-electron chi connectivity index (χ3n) is 1.91. The summed E-state index contributed by atoms with van der Waals surface area (Å²) in [5.41, 5.74) is 0. The quantitative estimate of drug-likeness (QED) is 0.496. The third-order valence-corrected chi connectivity index (χ3v) is 1.91. The highest BCUT2D eigenvalue weighted by Gasteiger charge is 2.35. The lowest BCUT2D eigenvalue weighted by Crippen LogP contribution is -2.31. The molecule has 1 saturated heterocycles. The maximum Gasteiger partial charge on any atom is 0.320 e. The fourth-order valence-electron chi connectivity index (χ4n) is 0.859. The molecule has 0 bridgehead atoms. The highest BCUT2D eigenvalue weighted by atomic mass is 16.2. The lowest BCUT2D eigenvalue weighted by Gasteiger charge is -2.14. The van der Waals surface area contributed by atoms with E-state index in [2.05, 4.69) is 6.92 Å². The Bertz CT molecular complexity index is 141. The van der Waals surface area contributed by atoms with Gasteiger partial charge in [0.05, 0.1) is 0 Å². The molecule has 3 nitrogen and oxygen atoms in total. The number of hydrogen-bond donors (Lipinski definition) is 0. The lowest BCUT2D eigenvalue weighted by atomic mass is 10.6. The number of urea groups is 1. The molecule has 1 heterocycles. The second-order valence-corrected chi connectivity index (χ2v) is 2.80. The first-order valence-corrected chi connectivity index (χ1v) is 3.68. The van der Waals surface area contributed by atoms with E-state index in [1.54, 1.807) is 4.90 Å².